The van der Waals surface area contributed by atoms with Gasteiger partial charge < -0.3 is 15.2 Å². The van der Waals surface area contributed by atoms with Gasteiger partial charge in [0.2, 0.25) is 5.88 Å². The lowest BCUT2D eigenvalue weighted by atomic mass is 10.2. The van der Waals surface area contributed by atoms with E-state index in [0.717, 1.165) is 5.39 Å². The molecule has 0 saturated carbocycles. The van der Waals surface area contributed by atoms with Crippen LogP contribution in [0, 0.1) is 0 Å². The predicted octanol–water partition coefficient (Wildman–Crippen LogP) is 2.60. The second kappa shape index (κ2) is 5.69. The van der Waals surface area contributed by atoms with Gasteiger partial charge >= 0.3 is 0 Å². The highest BCUT2D eigenvalue weighted by Crippen LogP contribution is 2.17. The minimum absolute atomic E-state index is 0.112. The lowest BCUT2D eigenvalue weighted by Crippen LogP contribution is -2.12. The molecule has 0 unspecified atom stereocenters. The van der Waals surface area contributed by atoms with Crippen molar-refractivity contribution in [3.63, 3.8) is 0 Å². The van der Waals surface area contributed by atoms with Gasteiger partial charge in [-0.15, -0.1) is 0 Å². The fourth-order valence-electron chi connectivity index (χ4n) is 1.99. The molecule has 1 amide bonds. The van der Waals surface area contributed by atoms with Gasteiger partial charge in [0.1, 0.15) is 11.6 Å². The molecule has 110 valence electrons. The molecule has 0 spiro atoms. The molecule has 2 N–H and O–H groups in total. The highest BCUT2D eigenvalue weighted by molar-refractivity contribution is 6.04. The van der Waals surface area contributed by atoms with Gasteiger partial charge in [0.25, 0.3) is 5.91 Å². The maximum atomic E-state index is 12.2. The zero-order chi connectivity index (χ0) is 15.5. The van der Waals surface area contributed by atoms with Crippen LogP contribution in [-0.4, -0.2) is 28.1 Å². The molecule has 0 radical (unpaired) electrons. The summed E-state index contributed by atoms with van der Waals surface area (Å²) < 4.78 is 5.05. The van der Waals surface area contributed by atoms with Crippen molar-refractivity contribution in [1.82, 2.24) is 9.97 Å². The Bertz CT molecular complexity index is 832. The first-order valence-corrected chi connectivity index (χ1v) is 6.58. The van der Waals surface area contributed by atoms with Crippen LogP contribution in [0.2, 0.25) is 0 Å². The van der Waals surface area contributed by atoms with E-state index in [4.69, 9.17) is 4.74 Å². The van der Waals surface area contributed by atoms with E-state index in [1.165, 1.54) is 6.07 Å². The Morgan fingerprint density at radius 3 is 2.50 bits per heavy atom. The first-order valence-electron chi connectivity index (χ1n) is 6.58. The maximum absolute atomic E-state index is 12.2. The van der Waals surface area contributed by atoms with E-state index in [0.29, 0.717) is 22.8 Å². The van der Waals surface area contributed by atoms with Crippen molar-refractivity contribution in [2.45, 2.75) is 0 Å². The fourth-order valence-corrected chi connectivity index (χ4v) is 1.99. The number of nitrogens with zero attached hydrogens (tertiary/aromatic N) is 2. The molecule has 1 aromatic carbocycles. The van der Waals surface area contributed by atoms with E-state index >= 15 is 0 Å². The van der Waals surface area contributed by atoms with Crippen molar-refractivity contribution < 1.29 is 14.6 Å². The minimum Gasteiger partial charge on any atom is -0.497 e. The number of hydrogen-bond acceptors (Lipinski definition) is 5. The SMILES string of the molecule is COc1ccc(C(=O)Nc2ccc3ccc(O)nc3n2)cc1. The third-order valence-corrected chi connectivity index (χ3v) is 3.13. The summed E-state index contributed by atoms with van der Waals surface area (Å²) in [7, 11) is 1.57. The van der Waals surface area contributed by atoms with Crippen molar-refractivity contribution in [3.8, 4) is 11.6 Å². The van der Waals surface area contributed by atoms with Crippen molar-refractivity contribution in [3.05, 3.63) is 54.1 Å². The van der Waals surface area contributed by atoms with E-state index in [9.17, 15) is 9.90 Å². The number of methoxy groups -OCH3 is 1. The third kappa shape index (κ3) is 2.80. The lowest BCUT2D eigenvalue weighted by Gasteiger charge is -2.06. The highest BCUT2D eigenvalue weighted by Gasteiger charge is 2.08. The smallest absolute Gasteiger partial charge is 0.256 e. The molecule has 3 rings (SSSR count). The molecule has 0 aliphatic heterocycles. The monoisotopic (exact) mass is 295 g/mol. The zero-order valence-electron chi connectivity index (χ0n) is 11.8. The van der Waals surface area contributed by atoms with Gasteiger partial charge in [0.15, 0.2) is 5.65 Å². The van der Waals surface area contributed by atoms with E-state index in [1.54, 1.807) is 49.6 Å². The normalized spacial score (nSPS) is 10.4. The van der Waals surface area contributed by atoms with Crippen molar-refractivity contribution in [2.24, 2.45) is 0 Å². The van der Waals surface area contributed by atoms with Gasteiger partial charge in [-0.05, 0) is 42.5 Å². The number of anilines is 1. The van der Waals surface area contributed by atoms with Gasteiger partial charge in [0, 0.05) is 17.0 Å². The number of hydrogen-bond donors (Lipinski definition) is 2. The van der Waals surface area contributed by atoms with E-state index in [1.807, 2.05) is 0 Å². The quantitative estimate of drug-likeness (QED) is 0.776. The van der Waals surface area contributed by atoms with Crippen LogP contribution in [0.4, 0.5) is 5.82 Å². The summed E-state index contributed by atoms with van der Waals surface area (Å²) >= 11 is 0. The summed E-state index contributed by atoms with van der Waals surface area (Å²) in [6, 6.07) is 13.4. The zero-order valence-corrected chi connectivity index (χ0v) is 11.8. The molecule has 2 heterocycles. The first-order chi connectivity index (χ1) is 10.7. The molecule has 2 aromatic heterocycles. The number of fused-ring (bicyclic) bond motifs is 1. The number of pyridine rings is 2. The van der Waals surface area contributed by atoms with Crippen LogP contribution in [0.1, 0.15) is 10.4 Å². The number of aromatic nitrogens is 2. The molecule has 0 aliphatic carbocycles. The average Bonchev–Trinajstić information content (AvgIpc) is 2.54. The average molecular weight is 295 g/mol. The number of carbonyl (C=O) groups is 1. The van der Waals surface area contributed by atoms with Gasteiger partial charge in [-0.2, -0.15) is 4.98 Å². The predicted molar refractivity (Wildman–Crippen MR) is 82.2 cm³/mol. The lowest BCUT2D eigenvalue weighted by molar-refractivity contribution is 0.102. The minimum atomic E-state index is -0.283. The molecule has 0 fully saturated rings. The number of ether oxygens (including phenoxy) is 1. The number of rotatable bonds is 3. The Morgan fingerprint density at radius 2 is 1.77 bits per heavy atom. The summed E-state index contributed by atoms with van der Waals surface area (Å²) in [5, 5.41) is 12.9. The third-order valence-electron chi connectivity index (χ3n) is 3.13. The number of amides is 1. The molecular weight excluding hydrogens is 282 g/mol. The molecule has 3 aromatic rings. The summed E-state index contributed by atoms with van der Waals surface area (Å²) in [5.41, 5.74) is 0.860. The van der Waals surface area contributed by atoms with Crippen LogP contribution in [-0.2, 0) is 0 Å². The Balaban J connectivity index is 1.83. The number of nitrogens with one attached hydrogen (secondary N) is 1. The number of benzene rings is 1. The van der Waals surface area contributed by atoms with E-state index < -0.39 is 0 Å². The summed E-state index contributed by atoms with van der Waals surface area (Å²) in [5.74, 6) is 0.653. The van der Waals surface area contributed by atoms with Gasteiger partial charge in [-0.25, -0.2) is 4.98 Å². The Kier molecular flexibility index (Phi) is 3.57. The van der Waals surface area contributed by atoms with Crippen LogP contribution in [0.3, 0.4) is 0 Å². The van der Waals surface area contributed by atoms with Crippen LogP contribution in [0.5, 0.6) is 11.6 Å². The van der Waals surface area contributed by atoms with Gasteiger partial charge in [-0.3, -0.25) is 4.79 Å². The van der Waals surface area contributed by atoms with Gasteiger partial charge in [0.05, 0.1) is 7.11 Å². The van der Waals surface area contributed by atoms with Crippen LogP contribution in [0.15, 0.2) is 48.5 Å². The number of aromatic hydroxyl groups is 1. The fraction of sp³-hybridized carbons (Fsp3) is 0.0625. The van der Waals surface area contributed by atoms with Crippen LogP contribution >= 0.6 is 0 Å². The molecule has 6 nitrogen and oxygen atoms in total. The molecule has 22 heavy (non-hydrogen) atoms. The van der Waals surface area contributed by atoms with Crippen LogP contribution < -0.4 is 10.1 Å². The molecule has 6 heteroatoms. The molecular formula is C16H13N3O3. The number of carbonyl (C=O) groups excluding carboxylic acids is 1. The van der Waals surface area contributed by atoms with Crippen molar-refractivity contribution in [2.75, 3.05) is 12.4 Å². The Morgan fingerprint density at radius 1 is 1.05 bits per heavy atom. The van der Waals surface area contributed by atoms with Gasteiger partial charge in [-0.1, -0.05) is 0 Å². The second-order valence-corrected chi connectivity index (χ2v) is 4.60. The molecule has 0 atom stereocenters. The van der Waals surface area contributed by atoms with E-state index in [-0.39, 0.29) is 11.8 Å². The molecule has 0 saturated heterocycles. The molecule has 0 bridgehead atoms. The summed E-state index contributed by atoms with van der Waals surface area (Å²) in [6.07, 6.45) is 0. The summed E-state index contributed by atoms with van der Waals surface area (Å²) in [6.45, 7) is 0. The first kappa shape index (κ1) is 13.8. The second-order valence-electron chi connectivity index (χ2n) is 4.60. The van der Waals surface area contributed by atoms with Crippen LogP contribution in [0.25, 0.3) is 11.0 Å². The highest BCUT2D eigenvalue weighted by atomic mass is 16.5. The van der Waals surface area contributed by atoms with E-state index in [2.05, 4.69) is 15.3 Å². The largest absolute Gasteiger partial charge is 0.497 e. The maximum Gasteiger partial charge on any atom is 0.256 e. The Labute approximate surface area is 126 Å². The molecule has 0 aliphatic rings. The Hall–Kier alpha value is -3.15. The van der Waals surface area contributed by atoms with Crippen molar-refractivity contribution >= 4 is 22.8 Å². The van der Waals surface area contributed by atoms with Crippen molar-refractivity contribution in [1.29, 1.82) is 0 Å². The topological polar surface area (TPSA) is 84.3 Å². The summed E-state index contributed by atoms with van der Waals surface area (Å²) in [4.78, 5) is 20.3. The standard InChI is InChI=1S/C16H13N3O3/c1-22-12-6-2-11(3-7-12)16(21)18-13-8-4-10-5-9-14(20)19-15(10)17-13/h2-9H,1H3,(H2,17,18,19,20,21).